The van der Waals surface area contributed by atoms with Crippen molar-refractivity contribution >= 4 is 28.4 Å². The molecule has 140 valence electrons. The lowest BCUT2D eigenvalue weighted by Gasteiger charge is -2.12. The average Bonchev–Trinajstić information content (AvgIpc) is 2.66. The molecule has 27 heavy (non-hydrogen) atoms. The minimum atomic E-state index is -0.275. The van der Waals surface area contributed by atoms with Crippen molar-refractivity contribution in [3.63, 3.8) is 0 Å². The van der Waals surface area contributed by atoms with E-state index in [0.29, 0.717) is 23.6 Å². The van der Waals surface area contributed by atoms with Gasteiger partial charge in [-0.25, -0.2) is 4.98 Å². The van der Waals surface area contributed by atoms with Crippen LogP contribution in [-0.4, -0.2) is 25.1 Å². The van der Waals surface area contributed by atoms with Gasteiger partial charge in [-0.3, -0.25) is 4.79 Å². The van der Waals surface area contributed by atoms with Crippen molar-refractivity contribution in [2.24, 2.45) is 0 Å². The molecule has 0 aliphatic heterocycles. The van der Waals surface area contributed by atoms with E-state index in [1.165, 1.54) is 0 Å². The molecule has 1 N–H and O–H groups in total. The van der Waals surface area contributed by atoms with Crippen molar-refractivity contribution in [2.45, 2.75) is 20.4 Å². The Kier molecular flexibility index (Phi) is 5.51. The Labute approximate surface area is 163 Å². The van der Waals surface area contributed by atoms with Gasteiger partial charge in [-0.05, 0) is 49.2 Å². The highest BCUT2D eigenvalue weighted by Crippen LogP contribution is 2.28. The van der Waals surface area contributed by atoms with Crippen molar-refractivity contribution in [1.29, 1.82) is 0 Å². The minimum absolute atomic E-state index is 0.194. The fraction of sp³-hybridized carbons (Fsp3) is 0.238. The van der Waals surface area contributed by atoms with Crippen LogP contribution in [0.1, 0.15) is 27.0 Å². The van der Waals surface area contributed by atoms with E-state index < -0.39 is 0 Å². The van der Waals surface area contributed by atoms with Gasteiger partial charge in [-0.2, -0.15) is 0 Å². The third-order valence-corrected chi connectivity index (χ3v) is 4.64. The summed E-state index contributed by atoms with van der Waals surface area (Å²) in [7, 11) is 3.15. The van der Waals surface area contributed by atoms with E-state index in [1.54, 1.807) is 26.4 Å². The summed E-state index contributed by atoms with van der Waals surface area (Å²) >= 11 is 6.27. The van der Waals surface area contributed by atoms with Crippen LogP contribution in [0.15, 0.2) is 36.4 Å². The quantitative estimate of drug-likeness (QED) is 0.660. The molecule has 1 aromatic heterocycles. The molecule has 0 radical (unpaired) electrons. The highest BCUT2D eigenvalue weighted by atomic mass is 35.5. The predicted octanol–water partition coefficient (Wildman–Crippen LogP) is 4.45. The highest BCUT2D eigenvalue weighted by Gasteiger charge is 2.14. The standard InChI is InChI=1S/C21H21ClN2O3/c1-12-7-13(2)19-15(8-12)10-16(20(22)24-19)21(25)23-11-14-5-6-17(26-3)18(9-14)27-4/h5-10H,11H2,1-4H3,(H,23,25). The normalized spacial score (nSPS) is 10.7. The predicted molar refractivity (Wildman–Crippen MR) is 107 cm³/mol. The zero-order valence-electron chi connectivity index (χ0n) is 15.7. The zero-order chi connectivity index (χ0) is 19.6. The molecular formula is C21H21ClN2O3. The van der Waals surface area contributed by atoms with Crippen LogP contribution < -0.4 is 14.8 Å². The zero-order valence-corrected chi connectivity index (χ0v) is 16.5. The van der Waals surface area contributed by atoms with Crippen LogP contribution in [0.25, 0.3) is 10.9 Å². The molecule has 1 heterocycles. The maximum atomic E-state index is 12.6. The Morgan fingerprint density at radius 2 is 1.81 bits per heavy atom. The number of aryl methyl sites for hydroxylation is 2. The molecule has 0 aliphatic carbocycles. The molecule has 0 atom stereocenters. The summed E-state index contributed by atoms with van der Waals surface area (Å²) in [6, 6.07) is 11.3. The Hall–Kier alpha value is -2.79. The van der Waals surface area contributed by atoms with E-state index in [0.717, 1.165) is 27.6 Å². The Bertz CT molecular complexity index is 1020. The first-order valence-corrected chi connectivity index (χ1v) is 8.87. The molecular weight excluding hydrogens is 364 g/mol. The lowest BCUT2D eigenvalue weighted by molar-refractivity contribution is 0.0951. The monoisotopic (exact) mass is 384 g/mol. The molecule has 0 bridgehead atoms. The van der Waals surface area contributed by atoms with E-state index >= 15 is 0 Å². The molecule has 1 amide bonds. The lowest BCUT2D eigenvalue weighted by Crippen LogP contribution is -2.23. The molecule has 3 aromatic rings. The molecule has 5 nitrogen and oxygen atoms in total. The summed E-state index contributed by atoms with van der Waals surface area (Å²) in [5, 5.41) is 3.97. The van der Waals surface area contributed by atoms with E-state index in [1.807, 2.05) is 38.1 Å². The number of fused-ring (bicyclic) bond motifs is 1. The molecule has 2 aromatic carbocycles. The Balaban J connectivity index is 1.83. The third-order valence-electron chi connectivity index (χ3n) is 4.35. The number of aromatic nitrogens is 1. The largest absolute Gasteiger partial charge is 0.493 e. The topological polar surface area (TPSA) is 60.5 Å². The van der Waals surface area contributed by atoms with Crippen LogP contribution in [0.3, 0.4) is 0 Å². The van der Waals surface area contributed by atoms with E-state index in [2.05, 4.69) is 10.3 Å². The van der Waals surface area contributed by atoms with Crippen molar-refractivity contribution in [1.82, 2.24) is 10.3 Å². The summed E-state index contributed by atoms with van der Waals surface area (Å²) in [5.74, 6) is 0.976. The second kappa shape index (κ2) is 7.84. The van der Waals surface area contributed by atoms with Crippen LogP contribution in [-0.2, 0) is 6.54 Å². The van der Waals surface area contributed by atoms with Crippen molar-refractivity contribution < 1.29 is 14.3 Å². The SMILES string of the molecule is COc1ccc(CNC(=O)c2cc3cc(C)cc(C)c3nc2Cl)cc1OC. The number of benzene rings is 2. The number of methoxy groups -OCH3 is 2. The van der Waals surface area contributed by atoms with Crippen LogP contribution in [0.2, 0.25) is 5.15 Å². The van der Waals surface area contributed by atoms with Crippen molar-refractivity contribution in [3.8, 4) is 11.5 Å². The fourth-order valence-corrected chi connectivity index (χ4v) is 3.28. The molecule has 0 unspecified atom stereocenters. The minimum Gasteiger partial charge on any atom is -0.493 e. The first-order valence-electron chi connectivity index (χ1n) is 8.49. The molecule has 6 heteroatoms. The van der Waals surface area contributed by atoms with Crippen molar-refractivity contribution in [2.75, 3.05) is 14.2 Å². The van der Waals surface area contributed by atoms with Crippen LogP contribution >= 0.6 is 11.6 Å². The summed E-state index contributed by atoms with van der Waals surface area (Å²) in [6.45, 7) is 4.33. The molecule has 0 saturated carbocycles. The maximum Gasteiger partial charge on any atom is 0.254 e. The van der Waals surface area contributed by atoms with Crippen LogP contribution in [0.5, 0.6) is 11.5 Å². The number of hydrogen-bond donors (Lipinski definition) is 1. The third kappa shape index (κ3) is 3.98. The van der Waals surface area contributed by atoms with Gasteiger partial charge in [-0.15, -0.1) is 0 Å². The van der Waals surface area contributed by atoms with E-state index in [9.17, 15) is 4.79 Å². The van der Waals surface area contributed by atoms with Crippen LogP contribution in [0, 0.1) is 13.8 Å². The number of pyridine rings is 1. The Morgan fingerprint density at radius 1 is 1.07 bits per heavy atom. The van der Waals surface area contributed by atoms with E-state index in [4.69, 9.17) is 21.1 Å². The number of nitrogens with zero attached hydrogens (tertiary/aromatic N) is 1. The maximum absolute atomic E-state index is 12.6. The number of nitrogens with one attached hydrogen (secondary N) is 1. The van der Waals surface area contributed by atoms with Gasteiger partial charge in [-0.1, -0.05) is 29.3 Å². The summed E-state index contributed by atoms with van der Waals surface area (Å²) in [5.41, 5.74) is 4.19. The molecule has 3 rings (SSSR count). The second-order valence-corrected chi connectivity index (χ2v) is 6.71. The number of ether oxygens (including phenoxy) is 2. The average molecular weight is 385 g/mol. The van der Waals surface area contributed by atoms with Gasteiger partial charge in [0.2, 0.25) is 0 Å². The molecule has 0 fully saturated rings. The molecule has 0 spiro atoms. The van der Waals surface area contributed by atoms with Gasteiger partial charge in [0.15, 0.2) is 11.5 Å². The van der Waals surface area contributed by atoms with Gasteiger partial charge >= 0.3 is 0 Å². The number of rotatable bonds is 5. The molecule has 0 aliphatic rings. The first-order chi connectivity index (χ1) is 12.9. The van der Waals surface area contributed by atoms with Crippen molar-refractivity contribution in [3.05, 3.63) is 63.8 Å². The molecule has 0 saturated heterocycles. The Morgan fingerprint density at radius 3 is 2.52 bits per heavy atom. The van der Waals surface area contributed by atoms with Gasteiger partial charge in [0.25, 0.3) is 5.91 Å². The fourth-order valence-electron chi connectivity index (χ4n) is 3.06. The summed E-state index contributed by atoms with van der Waals surface area (Å²) < 4.78 is 10.5. The van der Waals surface area contributed by atoms with E-state index in [-0.39, 0.29) is 11.1 Å². The number of amides is 1. The number of hydrogen-bond acceptors (Lipinski definition) is 4. The lowest BCUT2D eigenvalue weighted by atomic mass is 10.1. The summed E-state index contributed by atoms with van der Waals surface area (Å²) in [6.07, 6.45) is 0. The van der Waals surface area contributed by atoms with Crippen LogP contribution in [0.4, 0.5) is 0 Å². The number of carbonyl (C=O) groups excluding carboxylic acids is 1. The van der Waals surface area contributed by atoms with Gasteiger partial charge < -0.3 is 14.8 Å². The summed E-state index contributed by atoms with van der Waals surface area (Å²) in [4.78, 5) is 17.0. The second-order valence-electron chi connectivity index (χ2n) is 6.35. The van der Waals surface area contributed by atoms with Gasteiger partial charge in [0, 0.05) is 11.9 Å². The van der Waals surface area contributed by atoms with Gasteiger partial charge in [0.1, 0.15) is 5.15 Å². The van der Waals surface area contributed by atoms with Gasteiger partial charge in [0.05, 0.1) is 25.3 Å². The number of carbonyl (C=O) groups is 1. The number of halogens is 1. The first kappa shape index (κ1) is 19.0. The smallest absolute Gasteiger partial charge is 0.254 e. The highest BCUT2D eigenvalue weighted by molar-refractivity contribution is 6.33.